The topological polar surface area (TPSA) is 59.9 Å². The lowest BCUT2D eigenvalue weighted by Crippen LogP contribution is -2.09. The highest BCUT2D eigenvalue weighted by molar-refractivity contribution is 7.91. The molecule has 0 unspecified atom stereocenters. The molecule has 0 aliphatic rings. The zero-order chi connectivity index (χ0) is 12.3. The van der Waals surface area contributed by atoms with Crippen LogP contribution in [0.1, 0.15) is 6.42 Å². The van der Waals surface area contributed by atoms with Gasteiger partial charge in [0.2, 0.25) is 0 Å². The van der Waals surface area contributed by atoms with Crippen molar-refractivity contribution in [3.8, 4) is 0 Å². The van der Waals surface area contributed by atoms with Crippen molar-refractivity contribution in [1.29, 1.82) is 0 Å². The Morgan fingerprint density at radius 2 is 1.88 bits per heavy atom. The Balaban J connectivity index is 2.42. The summed E-state index contributed by atoms with van der Waals surface area (Å²) in [7, 11) is -3.37. The second-order valence-electron chi connectivity index (χ2n) is 3.56. The van der Waals surface area contributed by atoms with Gasteiger partial charge in [-0.3, -0.25) is 4.98 Å². The van der Waals surface area contributed by atoms with Crippen LogP contribution >= 0.6 is 11.6 Å². The van der Waals surface area contributed by atoms with Gasteiger partial charge in [-0.1, -0.05) is 12.1 Å². The molecule has 0 radical (unpaired) electrons. The summed E-state index contributed by atoms with van der Waals surface area (Å²) in [6.07, 6.45) is 1.71. The van der Waals surface area contributed by atoms with E-state index >= 15 is 0 Å². The lowest BCUT2D eigenvalue weighted by Gasteiger charge is -2.03. The molecule has 4 nitrogen and oxygen atoms in total. The zero-order valence-electron chi connectivity index (χ0n) is 9.01. The van der Waals surface area contributed by atoms with E-state index in [-0.39, 0.29) is 10.8 Å². The van der Waals surface area contributed by atoms with E-state index in [0.717, 1.165) is 0 Å². The highest BCUT2D eigenvalue weighted by Gasteiger charge is 2.16. The lowest BCUT2D eigenvalue weighted by atomic mass is 10.3. The van der Waals surface area contributed by atoms with E-state index in [4.69, 9.17) is 11.6 Å². The maximum absolute atomic E-state index is 11.9. The number of halogens is 1. The average molecular weight is 271 g/mol. The van der Waals surface area contributed by atoms with E-state index in [9.17, 15) is 8.42 Å². The van der Waals surface area contributed by atoms with Gasteiger partial charge in [0.05, 0.1) is 23.0 Å². The quantitative estimate of drug-likeness (QED) is 0.798. The molecule has 2 aromatic rings. The van der Waals surface area contributed by atoms with Gasteiger partial charge in [0.25, 0.3) is 0 Å². The van der Waals surface area contributed by atoms with Crippen LogP contribution < -0.4 is 0 Å². The average Bonchev–Trinajstić information content (AvgIpc) is 2.36. The number of rotatable bonds is 4. The summed E-state index contributed by atoms with van der Waals surface area (Å²) in [5.41, 5.74) is 1.27. The van der Waals surface area contributed by atoms with Crippen LogP contribution in [-0.2, 0) is 9.84 Å². The van der Waals surface area contributed by atoms with Crippen LogP contribution in [0.2, 0.25) is 0 Å². The standard InChI is InChI=1S/C11H11ClN2O2S/c12-6-3-7-17(15,16)11-8-13-9-4-1-2-5-10(9)14-11/h1-2,4-5,8H,3,6-7H2. The highest BCUT2D eigenvalue weighted by Crippen LogP contribution is 2.13. The number of hydrogen-bond acceptors (Lipinski definition) is 4. The van der Waals surface area contributed by atoms with Gasteiger partial charge in [-0.25, -0.2) is 13.4 Å². The van der Waals surface area contributed by atoms with E-state index in [0.29, 0.717) is 23.3 Å². The monoisotopic (exact) mass is 270 g/mol. The van der Waals surface area contributed by atoms with Crippen LogP contribution in [0, 0.1) is 0 Å². The largest absolute Gasteiger partial charge is 0.252 e. The van der Waals surface area contributed by atoms with Gasteiger partial charge in [0, 0.05) is 5.88 Å². The number of hydrogen-bond donors (Lipinski definition) is 0. The Bertz CT molecular complexity index is 628. The van der Waals surface area contributed by atoms with Crippen LogP contribution in [0.3, 0.4) is 0 Å². The van der Waals surface area contributed by atoms with E-state index in [2.05, 4.69) is 9.97 Å². The van der Waals surface area contributed by atoms with Crippen molar-refractivity contribution >= 4 is 32.5 Å². The van der Waals surface area contributed by atoms with Crippen molar-refractivity contribution in [2.75, 3.05) is 11.6 Å². The smallest absolute Gasteiger partial charge is 0.197 e. The van der Waals surface area contributed by atoms with Crippen LogP contribution in [0.25, 0.3) is 11.0 Å². The van der Waals surface area contributed by atoms with Crippen molar-refractivity contribution < 1.29 is 8.42 Å². The molecule has 0 saturated heterocycles. The molecule has 1 aromatic heterocycles. The van der Waals surface area contributed by atoms with Gasteiger partial charge in [-0.05, 0) is 18.6 Å². The van der Waals surface area contributed by atoms with E-state index in [1.807, 2.05) is 6.07 Å². The molecule has 6 heteroatoms. The third-order valence-electron chi connectivity index (χ3n) is 2.29. The summed E-state index contributed by atoms with van der Waals surface area (Å²) >= 11 is 5.49. The third kappa shape index (κ3) is 2.73. The summed E-state index contributed by atoms with van der Waals surface area (Å²) in [5.74, 6) is 0.323. The number of para-hydroxylation sites is 2. The number of fused-ring (bicyclic) bond motifs is 1. The Kier molecular flexibility index (Phi) is 3.59. The Morgan fingerprint density at radius 3 is 2.59 bits per heavy atom. The molecule has 0 N–H and O–H groups in total. The van der Waals surface area contributed by atoms with Gasteiger partial charge < -0.3 is 0 Å². The normalized spacial score (nSPS) is 11.8. The molecule has 2 rings (SSSR count). The third-order valence-corrected chi connectivity index (χ3v) is 4.22. The Morgan fingerprint density at radius 1 is 1.18 bits per heavy atom. The fraction of sp³-hybridized carbons (Fsp3) is 0.273. The summed E-state index contributed by atoms with van der Waals surface area (Å²) in [5, 5.41) is 0.0151. The van der Waals surface area contributed by atoms with Gasteiger partial charge in [0.15, 0.2) is 14.9 Å². The first kappa shape index (κ1) is 12.3. The zero-order valence-corrected chi connectivity index (χ0v) is 10.6. The fourth-order valence-electron chi connectivity index (χ4n) is 1.44. The molecule has 1 aromatic carbocycles. The predicted molar refractivity (Wildman–Crippen MR) is 66.9 cm³/mol. The van der Waals surface area contributed by atoms with Crippen LogP contribution in [0.5, 0.6) is 0 Å². The first-order chi connectivity index (χ1) is 8.13. The molecule has 1 heterocycles. The van der Waals surface area contributed by atoms with Crippen molar-refractivity contribution in [3.05, 3.63) is 30.5 Å². The number of aromatic nitrogens is 2. The molecule has 0 amide bonds. The number of benzene rings is 1. The SMILES string of the molecule is O=S(=O)(CCCCl)c1cnc2ccccc2n1. The molecule has 90 valence electrons. The summed E-state index contributed by atoms with van der Waals surface area (Å²) in [6.45, 7) is 0. The van der Waals surface area contributed by atoms with Crippen molar-refractivity contribution in [1.82, 2.24) is 9.97 Å². The minimum atomic E-state index is -3.37. The maximum Gasteiger partial charge on any atom is 0.197 e. The van der Waals surface area contributed by atoms with Crippen LogP contribution in [0.15, 0.2) is 35.5 Å². The molecular weight excluding hydrogens is 260 g/mol. The minimum absolute atomic E-state index is 0.00349. The highest BCUT2D eigenvalue weighted by atomic mass is 35.5. The second-order valence-corrected chi connectivity index (χ2v) is 5.99. The molecule has 17 heavy (non-hydrogen) atoms. The molecule has 0 atom stereocenters. The van der Waals surface area contributed by atoms with Gasteiger partial charge >= 0.3 is 0 Å². The van der Waals surface area contributed by atoms with Gasteiger partial charge in [0.1, 0.15) is 0 Å². The van der Waals surface area contributed by atoms with Crippen molar-refractivity contribution in [2.24, 2.45) is 0 Å². The minimum Gasteiger partial charge on any atom is -0.252 e. The maximum atomic E-state index is 11.9. The Hall–Kier alpha value is -1.20. The first-order valence-corrected chi connectivity index (χ1v) is 7.33. The van der Waals surface area contributed by atoms with Crippen molar-refractivity contribution in [3.63, 3.8) is 0 Å². The van der Waals surface area contributed by atoms with Crippen LogP contribution in [0.4, 0.5) is 0 Å². The van der Waals surface area contributed by atoms with E-state index < -0.39 is 9.84 Å². The molecule has 0 fully saturated rings. The molecule has 0 spiro atoms. The predicted octanol–water partition coefficient (Wildman–Crippen LogP) is 2.03. The van der Waals surface area contributed by atoms with Crippen molar-refractivity contribution in [2.45, 2.75) is 11.4 Å². The summed E-state index contributed by atoms with van der Waals surface area (Å²) in [4.78, 5) is 8.19. The number of nitrogens with zero attached hydrogens (tertiary/aromatic N) is 2. The van der Waals surface area contributed by atoms with Gasteiger partial charge in [-0.15, -0.1) is 11.6 Å². The molecule has 0 bridgehead atoms. The lowest BCUT2D eigenvalue weighted by molar-refractivity contribution is 0.591. The number of sulfone groups is 1. The summed E-state index contributed by atoms with van der Waals surface area (Å²) in [6, 6.07) is 7.16. The molecule has 0 saturated carbocycles. The molecular formula is C11H11ClN2O2S. The molecule has 0 aliphatic heterocycles. The van der Waals surface area contributed by atoms with E-state index in [1.165, 1.54) is 6.20 Å². The first-order valence-electron chi connectivity index (χ1n) is 5.14. The number of alkyl halides is 1. The Labute approximate surface area is 105 Å². The fourth-order valence-corrected chi connectivity index (χ4v) is 2.92. The summed E-state index contributed by atoms with van der Waals surface area (Å²) < 4.78 is 23.7. The van der Waals surface area contributed by atoms with E-state index in [1.54, 1.807) is 18.2 Å². The van der Waals surface area contributed by atoms with Crippen LogP contribution in [-0.4, -0.2) is 30.0 Å². The van der Waals surface area contributed by atoms with Gasteiger partial charge in [-0.2, -0.15) is 0 Å². The molecule has 0 aliphatic carbocycles. The second kappa shape index (κ2) is 4.98.